The van der Waals surface area contributed by atoms with Gasteiger partial charge in [-0.2, -0.15) is 5.10 Å². The molecule has 0 spiro atoms. The molecular formula is C14H16N4O2S. The summed E-state index contributed by atoms with van der Waals surface area (Å²) in [6.07, 6.45) is 3.40. The molecule has 1 aliphatic heterocycles. The highest BCUT2D eigenvalue weighted by Gasteiger charge is 2.37. The summed E-state index contributed by atoms with van der Waals surface area (Å²) in [5, 5.41) is 8.85. The average molecular weight is 304 g/mol. The van der Waals surface area contributed by atoms with Gasteiger partial charge in [0.2, 0.25) is 11.8 Å². The fourth-order valence-electron chi connectivity index (χ4n) is 2.50. The molecule has 2 amide bonds. The van der Waals surface area contributed by atoms with Crippen LogP contribution < -0.4 is 5.32 Å². The van der Waals surface area contributed by atoms with Gasteiger partial charge in [-0.05, 0) is 24.4 Å². The summed E-state index contributed by atoms with van der Waals surface area (Å²) in [5.74, 6) is -0.211. The molecule has 7 heteroatoms. The molecule has 2 unspecified atom stereocenters. The Morgan fingerprint density at radius 2 is 2.38 bits per heavy atom. The standard InChI is InChI=1S/C14H16N4O2S/c1-10(18-7-3-5-16-18)14(20)17-8-6-15-13(19)12(17)11-4-2-9-21-11/h2-5,7,9-10,12H,6,8H2,1H3,(H,15,19). The maximum absolute atomic E-state index is 12.7. The Kier molecular flexibility index (Phi) is 3.74. The third-order valence-electron chi connectivity index (χ3n) is 3.59. The number of hydrogen-bond acceptors (Lipinski definition) is 4. The Bertz CT molecular complexity index is 623. The number of rotatable bonds is 3. The van der Waals surface area contributed by atoms with Crippen LogP contribution in [0.15, 0.2) is 36.0 Å². The smallest absolute Gasteiger partial charge is 0.248 e. The Morgan fingerprint density at radius 3 is 3.05 bits per heavy atom. The summed E-state index contributed by atoms with van der Waals surface area (Å²) in [7, 11) is 0. The molecule has 2 atom stereocenters. The van der Waals surface area contributed by atoms with Gasteiger partial charge in [0.05, 0.1) is 0 Å². The van der Waals surface area contributed by atoms with E-state index in [1.54, 1.807) is 35.0 Å². The summed E-state index contributed by atoms with van der Waals surface area (Å²) in [6, 6.07) is 4.60. The first-order valence-corrected chi connectivity index (χ1v) is 7.67. The van der Waals surface area contributed by atoms with E-state index in [4.69, 9.17) is 0 Å². The van der Waals surface area contributed by atoms with Gasteiger partial charge in [0.25, 0.3) is 0 Å². The Labute approximate surface area is 126 Å². The van der Waals surface area contributed by atoms with Crippen LogP contribution in [0.5, 0.6) is 0 Å². The molecule has 6 nitrogen and oxygen atoms in total. The third-order valence-corrected chi connectivity index (χ3v) is 4.51. The second-order valence-electron chi connectivity index (χ2n) is 4.90. The zero-order valence-electron chi connectivity index (χ0n) is 11.6. The molecule has 1 saturated heterocycles. The zero-order valence-corrected chi connectivity index (χ0v) is 12.4. The molecule has 110 valence electrons. The van der Waals surface area contributed by atoms with Gasteiger partial charge < -0.3 is 10.2 Å². The highest BCUT2D eigenvalue weighted by molar-refractivity contribution is 7.10. The molecule has 1 aliphatic rings. The maximum atomic E-state index is 12.7. The number of thiophene rings is 1. The van der Waals surface area contributed by atoms with Crippen molar-refractivity contribution in [2.75, 3.05) is 13.1 Å². The summed E-state index contributed by atoms with van der Waals surface area (Å²) in [6.45, 7) is 2.80. The second kappa shape index (κ2) is 5.69. The molecule has 0 saturated carbocycles. The topological polar surface area (TPSA) is 67.2 Å². The second-order valence-corrected chi connectivity index (χ2v) is 5.88. The highest BCUT2D eigenvalue weighted by atomic mass is 32.1. The van der Waals surface area contributed by atoms with Gasteiger partial charge in [-0.15, -0.1) is 11.3 Å². The van der Waals surface area contributed by atoms with Gasteiger partial charge in [0.1, 0.15) is 12.1 Å². The van der Waals surface area contributed by atoms with Crippen LogP contribution in [0.3, 0.4) is 0 Å². The number of nitrogens with one attached hydrogen (secondary N) is 1. The van der Waals surface area contributed by atoms with E-state index >= 15 is 0 Å². The molecule has 0 aliphatic carbocycles. The van der Waals surface area contributed by atoms with Crippen molar-refractivity contribution < 1.29 is 9.59 Å². The zero-order chi connectivity index (χ0) is 14.8. The van der Waals surface area contributed by atoms with Gasteiger partial charge in [-0.1, -0.05) is 6.07 Å². The molecule has 1 fully saturated rings. The van der Waals surface area contributed by atoms with Gasteiger partial charge >= 0.3 is 0 Å². The van der Waals surface area contributed by atoms with Gasteiger partial charge in [-0.25, -0.2) is 0 Å². The number of aromatic nitrogens is 2. The number of nitrogens with zero attached hydrogens (tertiary/aromatic N) is 3. The van der Waals surface area contributed by atoms with E-state index in [1.165, 1.54) is 11.3 Å². The van der Waals surface area contributed by atoms with Gasteiger partial charge in [0.15, 0.2) is 0 Å². The van der Waals surface area contributed by atoms with Crippen molar-refractivity contribution in [3.05, 3.63) is 40.8 Å². The molecule has 0 bridgehead atoms. The lowest BCUT2D eigenvalue weighted by Gasteiger charge is -2.36. The van der Waals surface area contributed by atoms with Crippen LogP contribution in [0, 0.1) is 0 Å². The Balaban J connectivity index is 1.87. The quantitative estimate of drug-likeness (QED) is 0.926. The van der Waals surface area contributed by atoms with Gasteiger partial charge in [-0.3, -0.25) is 14.3 Å². The number of amides is 2. The van der Waals surface area contributed by atoms with E-state index in [-0.39, 0.29) is 11.8 Å². The Morgan fingerprint density at radius 1 is 1.52 bits per heavy atom. The maximum Gasteiger partial charge on any atom is 0.248 e. The minimum absolute atomic E-state index is 0.0908. The molecule has 1 N–H and O–H groups in total. The molecule has 21 heavy (non-hydrogen) atoms. The van der Waals surface area contributed by atoms with E-state index in [0.29, 0.717) is 13.1 Å². The molecule has 0 radical (unpaired) electrons. The molecule has 2 aromatic heterocycles. The third kappa shape index (κ3) is 2.56. The van der Waals surface area contributed by atoms with Crippen LogP contribution in [0.4, 0.5) is 0 Å². The number of piperazine rings is 1. The van der Waals surface area contributed by atoms with Crippen molar-refractivity contribution in [2.45, 2.75) is 19.0 Å². The summed E-state index contributed by atoms with van der Waals surface area (Å²) in [4.78, 5) is 27.5. The first-order valence-electron chi connectivity index (χ1n) is 6.79. The van der Waals surface area contributed by atoms with Crippen molar-refractivity contribution in [2.24, 2.45) is 0 Å². The van der Waals surface area contributed by atoms with Crippen molar-refractivity contribution in [3.8, 4) is 0 Å². The van der Waals surface area contributed by atoms with Crippen LogP contribution in [0.25, 0.3) is 0 Å². The normalized spacial score (nSPS) is 20.1. The largest absolute Gasteiger partial charge is 0.352 e. The predicted octanol–water partition coefficient (Wildman–Crippen LogP) is 1.21. The number of carbonyl (C=O) groups excluding carboxylic acids is 2. The van der Waals surface area contributed by atoms with Gasteiger partial charge in [0, 0.05) is 30.4 Å². The lowest BCUT2D eigenvalue weighted by atomic mass is 10.1. The fraction of sp³-hybridized carbons (Fsp3) is 0.357. The molecule has 3 heterocycles. The highest BCUT2D eigenvalue weighted by Crippen LogP contribution is 2.29. The van der Waals surface area contributed by atoms with Crippen LogP contribution in [0.1, 0.15) is 23.9 Å². The van der Waals surface area contributed by atoms with Crippen LogP contribution in [-0.4, -0.2) is 39.6 Å². The van der Waals surface area contributed by atoms with Crippen LogP contribution in [0.2, 0.25) is 0 Å². The minimum atomic E-state index is -0.538. The van der Waals surface area contributed by atoms with E-state index < -0.39 is 12.1 Å². The lowest BCUT2D eigenvalue weighted by molar-refractivity contribution is -0.145. The summed E-state index contributed by atoms with van der Waals surface area (Å²) < 4.78 is 1.61. The van der Waals surface area contributed by atoms with E-state index in [9.17, 15) is 9.59 Å². The van der Waals surface area contributed by atoms with Crippen molar-refractivity contribution in [3.63, 3.8) is 0 Å². The van der Waals surface area contributed by atoms with E-state index in [0.717, 1.165) is 4.88 Å². The predicted molar refractivity (Wildman–Crippen MR) is 78.7 cm³/mol. The minimum Gasteiger partial charge on any atom is -0.352 e. The lowest BCUT2D eigenvalue weighted by Crippen LogP contribution is -2.53. The Hall–Kier alpha value is -2.15. The fourth-order valence-corrected chi connectivity index (χ4v) is 3.33. The summed E-state index contributed by atoms with van der Waals surface area (Å²) >= 11 is 1.49. The number of hydrogen-bond donors (Lipinski definition) is 1. The molecule has 0 aromatic carbocycles. The van der Waals surface area contributed by atoms with Crippen LogP contribution >= 0.6 is 11.3 Å². The monoisotopic (exact) mass is 304 g/mol. The van der Waals surface area contributed by atoms with E-state index in [2.05, 4.69) is 10.4 Å². The first kappa shape index (κ1) is 13.8. The molecular weight excluding hydrogens is 288 g/mol. The van der Waals surface area contributed by atoms with Crippen molar-refractivity contribution >= 4 is 23.2 Å². The first-order chi connectivity index (χ1) is 10.2. The van der Waals surface area contributed by atoms with Crippen molar-refractivity contribution in [1.82, 2.24) is 20.0 Å². The summed E-state index contributed by atoms with van der Waals surface area (Å²) in [5.41, 5.74) is 0. The van der Waals surface area contributed by atoms with Crippen molar-refractivity contribution in [1.29, 1.82) is 0 Å². The average Bonchev–Trinajstić information content (AvgIpc) is 3.18. The molecule has 2 aromatic rings. The van der Waals surface area contributed by atoms with E-state index in [1.807, 2.05) is 17.5 Å². The SMILES string of the molecule is CC(C(=O)N1CCNC(=O)C1c1cccs1)n1cccn1. The molecule has 3 rings (SSSR count). The number of carbonyl (C=O) groups is 2. The van der Waals surface area contributed by atoms with Crippen LogP contribution in [-0.2, 0) is 9.59 Å².